The van der Waals surface area contributed by atoms with E-state index in [1.54, 1.807) is 18.2 Å². The molecule has 3 rings (SSSR count). The predicted molar refractivity (Wildman–Crippen MR) is 85.9 cm³/mol. The monoisotopic (exact) mass is 324 g/mol. The van der Waals surface area contributed by atoms with Crippen LogP contribution in [0.15, 0.2) is 57.7 Å². The summed E-state index contributed by atoms with van der Waals surface area (Å²) in [6.45, 7) is 0. The van der Waals surface area contributed by atoms with E-state index in [2.05, 4.69) is 0 Å². The van der Waals surface area contributed by atoms with Crippen LogP contribution < -0.4 is 10.4 Å². The minimum Gasteiger partial charge on any atom is -0.497 e. The van der Waals surface area contributed by atoms with Gasteiger partial charge in [0.25, 0.3) is 0 Å². The number of hydrogen-bond acceptors (Lipinski definition) is 5. The number of aromatic carboxylic acids is 1. The summed E-state index contributed by atoms with van der Waals surface area (Å²) in [6, 6.07) is 11.7. The molecule has 0 aliphatic carbocycles. The Hall–Kier alpha value is -3.41. The zero-order chi connectivity index (χ0) is 17.3. The first-order valence-corrected chi connectivity index (χ1v) is 6.99. The third-order valence-electron chi connectivity index (χ3n) is 3.58. The molecule has 6 heteroatoms. The number of hydrogen-bond donors (Lipinski definition) is 1. The molecule has 0 saturated carbocycles. The van der Waals surface area contributed by atoms with Gasteiger partial charge in [0, 0.05) is 17.0 Å². The summed E-state index contributed by atoms with van der Waals surface area (Å²) >= 11 is 0. The largest absolute Gasteiger partial charge is 0.497 e. The first-order valence-electron chi connectivity index (χ1n) is 6.99. The summed E-state index contributed by atoms with van der Waals surface area (Å²) < 4.78 is 10.3. The van der Waals surface area contributed by atoms with Crippen molar-refractivity contribution in [2.24, 2.45) is 0 Å². The zero-order valence-electron chi connectivity index (χ0n) is 12.6. The molecule has 0 spiro atoms. The summed E-state index contributed by atoms with van der Waals surface area (Å²) in [6.07, 6.45) is 0. The maximum atomic E-state index is 12.5. The smallest absolute Gasteiger partial charge is 0.347 e. The molecule has 120 valence electrons. The van der Waals surface area contributed by atoms with Crippen molar-refractivity contribution in [3.63, 3.8) is 0 Å². The van der Waals surface area contributed by atoms with Gasteiger partial charge in [-0.15, -0.1) is 0 Å². The number of carbonyl (C=O) groups excluding carboxylic acids is 1. The average molecular weight is 324 g/mol. The number of ether oxygens (including phenoxy) is 1. The first-order chi connectivity index (χ1) is 11.5. The standard InChI is InChI=1S/C18H12O6/c1-23-13-7-6-12-8-14(18(22)24-15(12)9-13)16(19)10-2-4-11(5-3-10)17(20)21/h2-9H,1H3,(H,20,21). The number of carboxylic acids is 1. The number of rotatable bonds is 4. The van der Waals surface area contributed by atoms with Crippen LogP contribution in [0.5, 0.6) is 5.75 Å². The Kier molecular flexibility index (Phi) is 3.87. The number of fused-ring (bicyclic) bond motifs is 1. The molecule has 2 aromatic carbocycles. The third kappa shape index (κ3) is 2.77. The quantitative estimate of drug-likeness (QED) is 0.586. The van der Waals surface area contributed by atoms with E-state index < -0.39 is 17.4 Å². The van der Waals surface area contributed by atoms with Crippen molar-refractivity contribution >= 4 is 22.7 Å². The minimum absolute atomic E-state index is 0.0594. The van der Waals surface area contributed by atoms with Gasteiger partial charge in [-0.1, -0.05) is 12.1 Å². The van der Waals surface area contributed by atoms with Crippen LogP contribution >= 0.6 is 0 Å². The van der Waals surface area contributed by atoms with Crippen LogP contribution in [-0.2, 0) is 0 Å². The molecule has 1 N–H and O–H groups in total. The van der Waals surface area contributed by atoms with Gasteiger partial charge < -0.3 is 14.3 Å². The fourth-order valence-electron chi connectivity index (χ4n) is 2.30. The highest BCUT2D eigenvalue weighted by molar-refractivity contribution is 6.10. The lowest BCUT2D eigenvalue weighted by molar-refractivity contribution is 0.0696. The van der Waals surface area contributed by atoms with Gasteiger partial charge in [-0.25, -0.2) is 9.59 Å². The summed E-state index contributed by atoms with van der Waals surface area (Å²) in [7, 11) is 1.50. The van der Waals surface area contributed by atoms with Crippen molar-refractivity contribution < 1.29 is 23.8 Å². The molecule has 0 unspecified atom stereocenters. The fraction of sp³-hybridized carbons (Fsp3) is 0.0556. The molecule has 0 radical (unpaired) electrons. The average Bonchev–Trinajstić information content (AvgIpc) is 2.60. The second-order valence-corrected chi connectivity index (χ2v) is 5.06. The molecule has 3 aromatic rings. The van der Waals surface area contributed by atoms with Gasteiger partial charge in [0.15, 0.2) is 5.78 Å². The third-order valence-corrected chi connectivity index (χ3v) is 3.58. The molecule has 1 heterocycles. The Balaban J connectivity index is 2.04. The molecule has 0 fully saturated rings. The van der Waals surface area contributed by atoms with E-state index in [0.29, 0.717) is 16.7 Å². The molecule has 6 nitrogen and oxygen atoms in total. The predicted octanol–water partition coefficient (Wildman–Crippen LogP) is 2.73. The Bertz CT molecular complexity index is 998. The van der Waals surface area contributed by atoms with Crippen molar-refractivity contribution in [1.29, 1.82) is 0 Å². The summed E-state index contributed by atoms with van der Waals surface area (Å²) in [5, 5.41) is 9.46. The molecule has 24 heavy (non-hydrogen) atoms. The van der Waals surface area contributed by atoms with Crippen molar-refractivity contribution in [1.82, 2.24) is 0 Å². The lowest BCUT2D eigenvalue weighted by Crippen LogP contribution is -2.15. The molecule has 0 saturated heterocycles. The van der Waals surface area contributed by atoms with E-state index in [4.69, 9.17) is 14.3 Å². The van der Waals surface area contributed by atoms with Gasteiger partial charge in [-0.05, 0) is 30.3 Å². The highest BCUT2D eigenvalue weighted by Gasteiger charge is 2.16. The number of benzene rings is 2. The highest BCUT2D eigenvalue weighted by atomic mass is 16.5. The summed E-state index contributed by atoms with van der Waals surface area (Å²) in [4.78, 5) is 35.4. The van der Waals surface area contributed by atoms with Gasteiger partial charge in [0.1, 0.15) is 16.9 Å². The second kappa shape index (κ2) is 6.00. The van der Waals surface area contributed by atoms with E-state index in [0.717, 1.165) is 0 Å². The van der Waals surface area contributed by atoms with E-state index in [-0.39, 0.29) is 16.7 Å². The Morgan fingerprint density at radius 1 is 1.00 bits per heavy atom. The van der Waals surface area contributed by atoms with Gasteiger partial charge in [0.05, 0.1) is 12.7 Å². The van der Waals surface area contributed by atoms with E-state index in [1.807, 2.05) is 0 Å². The van der Waals surface area contributed by atoms with E-state index in [9.17, 15) is 14.4 Å². The highest BCUT2D eigenvalue weighted by Crippen LogP contribution is 2.21. The van der Waals surface area contributed by atoms with Crippen LogP contribution in [0.3, 0.4) is 0 Å². The van der Waals surface area contributed by atoms with Crippen LogP contribution in [0.2, 0.25) is 0 Å². The van der Waals surface area contributed by atoms with Crippen LogP contribution in [-0.4, -0.2) is 24.0 Å². The normalized spacial score (nSPS) is 10.5. The Labute approximate surface area is 135 Å². The number of carboxylic acid groups (broad SMARTS) is 1. The number of carbonyl (C=O) groups is 2. The molecular weight excluding hydrogens is 312 g/mol. The summed E-state index contributed by atoms with van der Waals surface area (Å²) in [5.41, 5.74) is -0.291. The van der Waals surface area contributed by atoms with E-state index >= 15 is 0 Å². The van der Waals surface area contributed by atoms with Crippen molar-refractivity contribution in [3.05, 3.63) is 75.6 Å². The fourth-order valence-corrected chi connectivity index (χ4v) is 2.30. The van der Waals surface area contributed by atoms with Gasteiger partial charge in [0.2, 0.25) is 0 Å². The molecule has 0 bridgehead atoms. The van der Waals surface area contributed by atoms with Crippen molar-refractivity contribution in [2.75, 3.05) is 7.11 Å². The van der Waals surface area contributed by atoms with E-state index in [1.165, 1.54) is 37.4 Å². The van der Waals surface area contributed by atoms with Crippen LogP contribution in [0, 0.1) is 0 Å². The molecule has 0 amide bonds. The van der Waals surface area contributed by atoms with Gasteiger partial charge in [-0.2, -0.15) is 0 Å². The molecule has 1 aromatic heterocycles. The lowest BCUT2D eigenvalue weighted by Gasteiger charge is -2.04. The minimum atomic E-state index is -1.09. The zero-order valence-corrected chi connectivity index (χ0v) is 12.6. The Morgan fingerprint density at radius 3 is 2.29 bits per heavy atom. The topological polar surface area (TPSA) is 93.8 Å². The van der Waals surface area contributed by atoms with Crippen LogP contribution in [0.4, 0.5) is 0 Å². The maximum absolute atomic E-state index is 12.5. The molecule has 0 atom stereocenters. The molecular formula is C18H12O6. The molecule has 0 aliphatic rings. The Morgan fingerprint density at radius 2 is 1.67 bits per heavy atom. The SMILES string of the molecule is COc1ccc2cc(C(=O)c3ccc(C(=O)O)cc3)c(=O)oc2c1. The van der Waals surface area contributed by atoms with Crippen molar-refractivity contribution in [2.45, 2.75) is 0 Å². The van der Waals surface area contributed by atoms with Crippen LogP contribution in [0.1, 0.15) is 26.3 Å². The molecule has 0 aliphatic heterocycles. The number of methoxy groups -OCH3 is 1. The lowest BCUT2D eigenvalue weighted by atomic mass is 10.0. The first kappa shape index (κ1) is 15.5. The second-order valence-electron chi connectivity index (χ2n) is 5.06. The number of ketones is 1. The van der Waals surface area contributed by atoms with Gasteiger partial charge in [-0.3, -0.25) is 4.79 Å². The van der Waals surface area contributed by atoms with Crippen LogP contribution in [0.25, 0.3) is 11.0 Å². The summed E-state index contributed by atoms with van der Waals surface area (Å²) in [5.74, 6) is -1.08. The maximum Gasteiger partial charge on any atom is 0.347 e. The van der Waals surface area contributed by atoms with Gasteiger partial charge >= 0.3 is 11.6 Å². The van der Waals surface area contributed by atoms with Crippen molar-refractivity contribution in [3.8, 4) is 5.75 Å².